The molecule has 4 N–H and O–H groups in total. The Balaban J connectivity index is 0.00000361. The van der Waals surface area contributed by atoms with Gasteiger partial charge in [-0.15, -0.1) is 0 Å². The minimum Gasteiger partial charge on any atom is -0.756 e. The van der Waals surface area contributed by atoms with Crippen molar-refractivity contribution >= 4 is 30.8 Å². The number of rotatable bonds is 7. The zero-order chi connectivity index (χ0) is 25.4. The topological polar surface area (TPSA) is 174 Å². The average Bonchev–Trinajstić information content (AvgIpc) is 3.42. The van der Waals surface area contributed by atoms with Crippen molar-refractivity contribution in [2.24, 2.45) is 0 Å². The van der Waals surface area contributed by atoms with Gasteiger partial charge < -0.3 is 29.3 Å². The first-order valence-electron chi connectivity index (χ1n) is 10.9. The number of anilines is 1. The Kier molecular flexibility index (Phi) is 8.90. The molecule has 36 heavy (non-hydrogen) atoms. The molecule has 1 aliphatic rings. The number of hydrogen-bond acceptors (Lipinski definition) is 8. The Bertz CT molecular complexity index is 1290. The molecule has 0 spiro atoms. The fourth-order valence-corrected chi connectivity index (χ4v) is 4.60. The predicted molar refractivity (Wildman–Crippen MR) is 122 cm³/mol. The third-order valence-corrected chi connectivity index (χ3v) is 6.10. The predicted octanol–water partition coefficient (Wildman–Crippen LogP) is -0.132. The minimum absolute atomic E-state index is 0. The second-order valence-electron chi connectivity index (χ2n) is 8.48. The Morgan fingerprint density at radius 3 is 2.69 bits per heavy atom. The first kappa shape index (κ1) is 28.6. The summed E-state index contributed by atoms with van der Waals surface area (Å²) in [5, 5.41) is 5.18. The van der Waals surface area contributed by atoms with Crippen LogP contribution in [0, 0.1) is 5.82 Å². The summed E-state index contributed by atoms with van der Waals surface area (Å²) < 4.78 is 37.4. The standard InChI is InChI=1S/C21H26FN6O6P.Na/c1-4-23-20(29)28-19-26-13-8-12(16(22)15(17(13)27-19)14-6-5-7-33-14)11-9-24-18(25-10-11)21(2,3)34-35(30,31)32;/h8-10,14H,4-7H2,1-3H3,(H2,30,31,32)(H3,23,26,27,28,29);/q;+1/p-1/t14-;/m1./s1. The van der Waals surface area contributed by atoms with Crippen molar-refractivity contribution in [2.75, 3.05) is 18.5 Å². The van der Waals surface area contributed by atoms with Crippen molar-refractivity contribution in [1.82, 2.24) is 25.3 Å². The molecule has 1 unspecified atom stereocenters. The maximum Gasteiger partial charge on any atom is 1.00 e. The van der Waals surface area contributed by atoms with Gasteiger partial charge in [0.1, 0.15) is 11.4 Å². The number of benzene rings is 1. The van der Waals surface area contributed by atoms with Gasteiger partial charge in [-0.2, -0.15) is 0 Å². The minimum atomic E-state index is -5.04. The Morgan fingerprint density at radius 1 is 1.42 bits per heavy atom. The van der Waals surface area contributed by atoms with Gasteiger partial charge >= 0.3 is 35.6 Å². The first-order chi connectivity index (χ1) is 16.5. The van der Waals surface area contributed by atoms with Gasteiger partial charge in [0.2, 0.25) is 5.95 Å². The number of amides is 2. The molecule has 2 atom stereocenters. The molecule has 3 aromatic rings. The van der Waals surface area contributed by atoms with Crippen molar-refractivity contribution in [3.8, 4) is 11.1 Å². The van der Waals surface area contributed by atoms with E-state index in [-0.39, 0.29) is 52.5 Å². The molecule has 0 radical (unpaired) electrons. The zero-order valence-electron chi connectivity index (χ0n) is 20.3. The fraction of sp³-hybridized carbons (Fsp3) is 0.429. The molecule has 2 amide bonds. The number of phosphoric acid groups is 1. The molecule has 1 fully saturated rings. The van der Waals surface area contributed by atoms with Crippen LogP contribution >= 0.6 is 7.82 Å². The summed E-state index contributed by atoms with van der Waals surface area (Å²) >= 11 is 0. The zero-order valence-corrected chi connectivity index (χ0v) is 23.2. The molecular formula is C21H25FN6NaO6P. The van der Waals surface area contributed by atoms with Crippen LogP contribution in [-0.2, 0) is 19.4 Å². The Labute approximate surface area is 228 Å². The van der Waals surface area contributed by atoms with Gasteiger partial charge in [0.05, 0.1) is 17.1 Å². The molecule has 188 valence electrons. The van der Waals surface area contributed by atoms with Gasteiger partial charge in [-0.25, -0.2) is 24.1 Å². The van der Waals surface area contributed by atoms with Gasteiger partial charge in [0.25, 0.3) is 7.82 Å². The van der Waals surface area contributed by atoms with Crippen LogP contribution in [0.1, 0.15) is 51.1 Å². The third kappa shape index (κ3) is 6.29. The molecular weight excluding hydrogens is 505 g/mol. The van der Waals surface area contributed by atoms with Crippen LogP contribution in [-0.4, -0.2) is 44.0 Å². The van der Waals surface area contributed by atoms with E-state index in [9.17, 15) is 14.3 Å². The number of aromatic amines is 1. The number of carbonyl (C=O) groups excluding carboxylic acids is 1. The average molecular weight is 530 g/mol. The summed E-state index contributed by atoms with van der Waals surface area (Å²) in [4.78, 5) is 47.7. The van der Waals surface area contributed by atoms with Gasteiger partial charge in [0, 0.05) is 42.2 Å². The fourth-order valence-electron chi connectivity index (χ4n) is 3.94. The van der Waals surface area contributed by atoms with Crippen LogP contribution in [0.15, 0.2) is 18.5 Å². The Morgan fingerprint density at radius 2 is 2.11 bits per heavy atom. The number of hydrogen-bond donors (Lipinski definition) is 4. The number of phosphoric ester groups is 1. The van der Waals surface area contributed by atoms with Gasteiger partial charge in [0.15, 0.2) is 5.82 Å². The van der Waals surface area contributed by atoms with E-state index in [4.69, 9.17) is 9.63 Å². The number of H-pyrrole nitrogens is 1. The van der Waals surface area contributed by atoms with Crippen LogP contribution in [0.5, 0.6) is 0 Å². The van der Waals surface area contributed by atoms with Crippen molar-refractivity contribution < 1.29 is 62.4 Å². The summed E-state index contributed by atoms with van der Waals surface area (Å²) in [6.45, 7) is 5.44. The number of nitrogens with one attached hydrogen (secondary N) is 3. The summed E-state index contributed by atoms with van der Waals surface area (Å²) in [5.41, 5.74) is 0.00278. The van der Waals surface area contributed by atoms with Crippen LogP contribution in [0.2, 0.25) is 0 Å². The maximum atomic E-state index is 15.9. The van der Waals surface area contributed by atoms with E-state index < -0.39 is 31.4 Å². The summed E-state index contributed by atoms with van der Waals surface area (Å²) in [6.07, 6.45) is 3.52. The largest absolute Gasteiger partial charge is 1.00 e. The quantitative estimate of drug-likeness (QED) is 0.240. The van der Waals surface area contributed by atoms with Crippen LogP contribution < -0.4 is 45.1 Å². The number of aromatic nitrogens is 4. The second kappa shape index (κ2) is 11.2. The number of halogens is 1. The molecule has 0 saturated carbocycles. The van der Waals surface area contributed by atoms with E-state index in [1.807, 2.05) is 0 Å². The molecule has 2 aromatic heterocycles. The molecule has 15 heteroatoms. The molecule has 0 bridgehead atoms. The molecule has 12 nitrogen and oxygen atoms in total. The molecule has 1 aliphatic heterocycles. The molecule has 0 aliphatic carbocycles. The number of imidazole rings is 1. The molecule has 3 heterocycles. The SMILES string of the molecule is CCNC(=O)Nc1nc2c([C@H]3CCCO3)c(F)c(-c3cnc(C(C)(C)OP(=O)([O-])O)nc3)cc2[nH]1.[Na+]. The van der Waals surface area contributed by atoms with Crippen molar-refractivity contribution in [3.63, 3.8) is 0 Å². The maximum absolute atomic E-state index is 15.9. The van der Waals surface area contributed by atoms with E-state index in [1.54, 1.807) is 6.92 Å². The van der Waals surface area contributed by atoms with Gasteiger partial charge in [-0.3, -0.25) is 9.88 Å². The van der Waals surface area contributed by atoms with Crippen molar-refractivity contribution in [1.29, 1.82) is 0 Å². The first-order valence-corrected chi connectivity index (χ1v) is 12.4. The summed E-state index contributed by atoms with van der Waals surface area (Å²) in [7, 11) is -5.04. The smallest absolute Gasteiger partial charge is 0.756 e. The number of urea groups is 1. The summed E-state index contributed by atoms with van der Waals surface area (Å²) in [5.74, 6) is -0.438. The van der Waals surface area contributed by atoms with Crippen molar-refractivity contribution in [2.45, 2.75) is 45.3 Å². The number of nitrogens with zero attached hydrogens (tertiary/aromatic N) is 3. The normalized spacial score (nSPS) is 17.4. The molecule has 4 rings (SSSR count). The van der Waals surface area contributed by atoms with E-state index in [2.05, 4.69) is 35.1 Å². The second-order valence-corrected chi connectivity index (χ2v) is 9.60. The molecule has 1 aromatic carbocycles. The van der Waals surface area contributed by atoms with E-state index in [0.717, 1.165) is 6.42 Å². The van der Waals surface area contributed by atoms with Gasteiger partial charge in [-0.05, 0) is 39.7 Å². The van der Waals surface area contributed by atoms with Crippen molar-refractivity contribution in [3.05, 3.63) is 35.7 Å². The van der Waals surface area contributed by atoms with Crippen LogP contribution in [0.25, 0.3) is 22.2 Å². The van der Waals surface area contributed by atoms with E-state index >= 15 is 4.39 Å². The van der Waals surface area contributed by atoms with E-state index in [1.165, 1.54) is 32.3 Å². The Hall–Kier alpha value is -1.96. The number of ether oxygens (including phenoxy) is 1. The number of carbonyl (C=O) groups is 1. The molecule has 1 saturated heterocycles. The van der Waals surface area contributed by atoms with E-state index in [0.29, 0.717) is 36.2 Å². The monoisotopic (exact) mass is 530 g/mol. The van der Waals surface area contributed by atoms with Crippen LogP contribution in [0.4, 0.5) is 15.1 Å². The van der Waals surface area contributed by atoms with Crippen LogP contribution in [0.3, 0.4) is 0 Å². The third-order valence-electron chi connectivity index (χ3n) is 5.41. The van der Waals surface area contributed by atoms with Gasteiger partial charge in [-0.1, -0.05) is 0 Å². The number of fused-ring (bicyclic) bond motifs is 1. The summed E-state index contributed by atoms with van der Waals surface area (Å²) in [6, 6.07) is 1.07.